The van der Waals surface area contributed by atoms with Crippen LogP contribution in [0.4, 0.5) is 13.2 Å². The van der Waals surface area contributed by atoms with Gasteiger partial charge < -0.3 is 14.2 Å². The van der Waals surface area contributed by atoms with E-state index in [2.05, 4.69) is 5.10 Å². The summed E-state index contributed by atoms with van der Waals surface area (Å²) >= 11 is 0. The average molecular weight is 428 g/mol. The van der Waals surface area contributed by atoms with E-state index in [9.17, 15) is 13.2 Å². The number of methoxy groups -OCH3 is 3. The van der Waals surface area contributed by atoms with Gasteiger partial charge in [-0.2, -0.15) is 9.78 Å². The standard InChI is InChI=1S/C23H19F3N2O3/c1-29-20-11-15(12-21(30-2)22(20)31-3)18-13-19(28(27-18)23(24,25)26)17-10-6-8-14-7-4-5-9-16(14)17/h4-13H,1-3H3. The minimum Gasteiger partial charge on any atom is -0.493 e. The van der Waals surface area contributed by atoms with Crippen LogP contribution in [0.15, 0.2) is 60.7 Å². The summed E-state index contributed by atoms with van der Waals surface area (Å²) in [4.78, 5) is 0. The van der Waals surface area contributed by atoms with Crippen LogP contribution in [0.1, 0.15) is 0 Å². The average Bonchev–Trinajstić information content (AvgIpc) is 3.23. The zero-order chi connectivity index (χ0) is 22.2. The first-order valence-electron chi connectivity index (χ1n) is 9.33. The number of fused-ring (bicyclic) bond motifs is 1. The normalized spacial score (nSPS) is 11.5. The molecule has 0 N–H and O–H groups in total. The van der Waals surface area contributed by atoms with Crippen molar-refractivity contribution in [2.24, 2.45) is 0 Å². The van der Waals surface area contributed by atoms with E-state index < -0.39 is 6.30 Å². The lowest BCUT2D eigenvalue weighted by atomic mass is 10.0. The fourth-order valence-electron chi connectivity index (χ4n) is 3.59. The molecule has 8 heteroatoms. The summed E-state index contributed by atoms with van der Waals surface area (Å²) in [6, 6.07) is 17.1. The molecule has 0 saturated carbocycles. The number of ether oxygens (including phenoxy) is 3. The van der Waals surface area contributed by atoms with E-state index in [1.807, 2.05) is 18.2 Å². The lowest BCUT2D eigenvalue weighted by molar-refractivity contribution is -0.210. The summed E-state index contributed by atoms with van der Waals surface area (Å²) in [5, 5.41) is 5.42. The molecule has 5 nitrogen and oxygen atoms in total. The molecule has 31 heavy (non-hydrogen) atoms. The number of aromatic nitrogens is 2. The van der Waals surface area contributed by atoms with Crippen LogP contribution in [-0.2, 0) is 6.30 Å². The van der Waals surface area contributed by atoms with E-state index in [4.69, 9.17) is 14.2 Å². The molecular formula is C23H19F3N2O3. The van der Waals surface area contributed by atoms with Crippen molar-refractivity contribution in [3.8, 4) is 39.8 Å². The van der Waals surface area contributed by atoms with Crippen molar-refractivity contribution in [2.45, 2.75) is 6.30 Å². The fourth-order valence-corrected chi connectivity index (χ4v) is 3.59. The summed E-state index contributed by atoms with van der Waals surface area (Å²) in [6.07, 6.45) is -4.70. The Balaban J connectivity index is 1.96. The van der Waals surface area contributed by atoms with E-state index in [1.165, 1.54) is 27.4 Å². The largest absolute Gasteiger partial charge is 0.505 e. The zero-order valence-electron chi connectivity index (χ0n) is 17.0. The van der Waals surface area contributed by atoms with E-state index in [0.717, 1.165) is 5.39 Å². The maximum atomic E-state index is 13.9. The lowest BCUT2D eigenvalue weighted by Crippen LogP contribution is -2.19. The van der Waals surface area contributed by atoms with Crippen LogP contribution in [0.25, 0.3) is 33.3 Å². The van der Waals surface area contributed by atoms with Gasteiger partial charge in [-0.05, 0) is 29.0 Å². The van der Waals surface area contributed by atoms with Crippen molar-refractivity contribution in [3.63, 3.8) is 0 Å². The van der Waals surface area contributed by atoms with Gasteiger partial charge >= 0.3 is 6.30 Å². The number of alkyl halides is 3. The van der Waals surface area contributed by atoms with Crippen LogP contribution in [0, 0.1) is 0 Å². The van der Waals surface area contributed by atoms with Crippen molar-refractivity contribution in [3.05, 3.63) is 60.7 Å². The molecule has 0 aliphatic carbocycles. The summed E-state index contributed by atoms with van der Waals surface area (Å²) in [5.74, 6) is 0.994. The van der Waals surface area contributed by atoms with Crippen LogP contribution in [0.5, 0.6) is 17.2 Å². The second-order valence-corrected chi connectivity index (χ2v) is 6.74. The van der Waals surface area contributed by atoms with Gasteiger partial charge in [0.15, 0.2) is 11.5 Å². The summed E-state index contributed by atoms with van der Waals surface area (Å²) < 4.78 is 57.7. The van der Waals surface area contributed by atoms with Crippen molar-refractivity contribution in [1.29, 1.82) is 0 Å². The van der Waals surface area contributed by atoms with Gasteiger partial charge in [-0.1, -0.05) is 42.5 Å². The highest BCUT2D eigenvalue weighted by Gasteiger charge is 2.36. The van der Waals surface area contributed by atoms with E-state index in [0.29, 0.717) is 33.8 Å². The highest BCUT2D eigenvalue weighted by molar-refractivity contribution is 5.96. The van der Waals surface area contributed by atoms with Crippen molar-refractivity contribution in [1.82, 2.24) is 9.78 Å². The van der Waals surface area contributed by atoms with Crippen LogP contribution in [0.2, 0.25) is 0 Å². The van der Waals surface area contributed by atoms with Gasteiger partial charge in [0.05, 0.1) is 32.7 Å². The molecule has 0 radical (unpaired) electrons. The van der Waals surface area contributed by atoms with E-state index in [1.54, 1.807) is 36.4 Å². The first kappa shape index (κ1) is 20.6. The van der Waals surface area contributed by atoms with Crippen LogP contribution in [0.3, 0.4) is 0 Å². The molecule has 0 unspecified atom stereocenters. The Morgan fingerprint density at radius 3 is 2.06 bits per heavy atom. The predicted octanol–water partition coefficient (Wildman–Crippen LogP) is 5.87. The lowest BCUT2D eigenvalue weighted by Gasteiger charge is -2.13. The quantitative estimate of drug-likeness (QED) is 0.399. The Bertz CT molecular complexity index is 1220. The predicted molar refractivity (Wildman–Crippen MR) is 112 cm³/mol. The van der Waals surface area contributed by atoms with Gasteiger partial charge in [0, 0.05) is 11.1 Å². The highest BCUT2D eigenvalue weighted by Crippen LogP contribution is 2.42. The Morgan fingerprint density at radius 1 is 0.806 bits per heavy atom. The first-order valence-corrected chi connectivity index (χ1v) is 9.33. The molecule has 4 rings (SSSR count). The Kier molecular flexibility index (Phi) is 5.22. The highest BCUT2D eigenvalue weighted by atomic mass is 19.4. The van der Waals surface area contributed by atoms with Crippen LogP contribution >= 0.6 is 0 Å². The Hall–Kier alpha value is -3.68. The molecule has 0 fully saturated rings. The van der Waals surface area contributed by atoms with Gasteiger partial charge in [0.1, 0.15) is 0 Å². The summed E-state index contributed by atoms with van der Waals surface area (Å²) in [5.41, 5.74) is 0.896. The Morgan fingerprint density at radius 2 is 1.45 bits per heavy atom. The number of benzene rings is 3. The summed E-state index contributed by atoms with van der Waals surface area (Å²) in [6.45, 7) is 0. The third-order valence-corrected chi connectivity index (χ3v) is 4.98. The zero-order valence-corrected chi connectivity index (χ0v) is 17.0. The molecule has 0 saturated heterocycles. The van der Waals surface area contributed by atoms with E-state index >= 15 is 0 Å². The molecular weight excluding hydrogens is 409 g/mol. The number of nitrogens with zero attached hydrogens (tertiary/aromatic N) is 2. The molecule has 4 aromatic rings. The monoisotopic (exact) mass is 428 g/mol. The topological polar surface area (TPSA) is 45.5 Å². The van der Waals surface area contributed by atoms with Gasteiger partial charge in [0.2, 0.25) is 5.75 Å². The van der Waals surface area contributed by atoms with Crippen molar-refractivity contribution < 1.29 is 27.4 Å². The SMILES string of the molecule is COc1cc(-c2cc(-c3cccc4ccccc34)n(C(F)(F)F)n2)cc(OC)c1OC. The third kappa shape index (κ3) is 3.65. The minimum absolute atomic E-state index is 0.0620. The Labute approximate surface area is 176 Å². The number of hydrogen-bond acceptors (Lipinski definition) is 4. The molecule has 0 atom stereocenters. The maximum Gasteiger partial charge on any atom is 0.505 e. The molecule has 1 aromatic heterocycles. The van der Waals surface area contributed by atoms with Crippen molar-refractivity contribution >= 4 is 10.8 Å². The fraction of sp³-hybridized carbons (Fsp3) is 0.174. The van der Waals surface area contributed by atoms with Gasteiger partial charge in [0.25, 0.3) is 0 Å². The van der Waals surface area contributed by atoms with Gasteiger partial charge in [-0.25, -0.2) is 0 Å². The third-order valence-electron chi connectivity index (χ3n) is 4.98. The van der Waals surface area contributed by atoms with Gasteiger partial charge in [-0.3, -0.25) is 0 Å². The number of rotatable bonds is 5. The molecule has 0 aliphatic heterocycles. The van der Waals surface area contributed by atoms with E-state index in [-0.39, 0.29) is 16.1 Å². The molecule has 3 aromatic carbocycles. The molecule has 0 spiro atoms. The number of hydrogen-bond donors (Lipinski definition) is 0. The molecule has 1 heterocycles. The molecule has 0 amide bonds. The van der Waals surface area contributed by atoms with Crippen LogP contribution in [-0.4, -0.2) is 31.1 Å². The second kappa shape index (κ2) is 7.86. The maximum absolute atomic E-state index is 13.9. The van der Waals surface area contributed by atoms with Gasteiger partial charge in [-0.15, -0.1) is 13.2 Å². The van der Waals surface area contributed by atoms with Crippen molar-refractivity contribution in [2.75, 3.05) is 21.3 Å². The smallest absolute Gasteiger partial charge is 0.493 e. The molecule has 0 aliphatic rings. The minimum atomic E-state index is -4.70. The first-order chi connectivity index (χ1) is 14.9. The second-order valence-electron chi connectivity index (χ2n) is 6.74. The van der Waals surface area contributed by atoms with Crippen LogP contribution < -0.4 is 14.2 Å². The summed E-state index contributed by atoms with van der Waals surface area (Å²) in [7, 11) is 4.34. The molecule has 0 bridgehead atoms. The molecule has 160 valence electrons. The number of halogens is 3.